The zero-order valence-electron chi connectivity index (χ0n) is 14.2. The lowest BCUT2D eigenvalue weighted by Crippen LogP contribution is -2.14. The third-order valence-electron chi connectivity index (χ3n) is 3.93. The molecule has 0 aliphatic heterocycles. The van der Waals surface area contributed by atoms with Crippen molar-refractivity contribution in [2.24, 2.45) is 0 Å². The maximum Gasteiger partial charge on any atom is 0.321 e. The summed E-state index contributed by atoms with van der Waals surface area (Å²) in [5.74, 6) is -1.06. The van der Waals surface area contributed by atoms with Gasteiger partial charge in [-0.2, -0.15) is 0 Å². The molecule has 3 aromatic rings. The molecule has 3 rings (SSSR count). The molecule has 0 radical (unpaired) electrons. The first kappa shape index (κ1) is 19.5. The summed E-state index contributed by atoms with van der Waals surface area (Å²) >= 11 is 7.15. The summed E-state index contributed by atoms with van der Waals surface area (Å²) in [5.41, 5.74) is 1.16. The highest BCUT2D eigenvalue weighted by molar-refractivity contribution is 8.01. The van der Waals surface area contributed by atoms with Crippen molar-refractivity contribution < 1.29 is 18.3 Å². The fourth-order valence-electron chi connectivity index (χ4n) is 2.54. The van der Waals surface area contributed by atoms with E-state index in [1.54, 1.807) is 49.4 Å². The van der Waals surface area contributed by atoms with Crippen molar-refractivity contribution in [3.05, 3.63) is 83.1 Å². The van der Waals surface area contributed by atoms with Crippen LogP contribution in [-0.2, 0) is 14.8 Å². The first-order valence-electron chi connectivity index (χ1n) is 7.94. The minimum Gasteiger partial charge on any atom is -0.480 e. The van der Waals surface area contributed by atoms with Crippen molar-refractivity contribution >= 4 is 39.4 Å². The number of nitrogens with zero attached hydrogens (tertiary/aromatic N) is 1. The molecule has 1 aromatic heterocycles. The maximum atomic E-state index is 13.0. The third kappa shape index (κ3) is 4.05. The fourth-order valence-corrected chi connectivity index (χ4v) is 5.56. The normalized spacial score (nSPS) is 12.7. The lowest BCUT2D eigenvalue weighted by Gasteiger charge is -2.17. The van der Waals surface area contributed by atoms with E-state index in [1.807, 2.05) is 0 Å². The second-order valence-corrected chi connectivity index (χ2v) is 9.18. The highest BCUT2D eigenvalue weighted by atomic mass is 35.5. The lowest BCUT2D eigenvalue weighted by molar-refractivity contribution is -0.136. The number of carboxylic acid groups (broad SMARTS) is 1. The van der Waals surface area contributed by atoms with E-state index in [-0.39, 0.29) is 9.79 Å². The van der Waals surface area contributed by atoms with Gasteiger partial charge in [-0.25, -0.2) is 12.4 Å². The Balaban J connectivity index is 2.12. The van der Waals surface area contributed by atoms with Gasteiger partial charge in [-0.15, -0.1) is 11.8 Å². The van der Waals surface area contributed by atoms with E-state index in [1.165, 1.54) is 24.5 Å². The summed E-state index contributed by atoms with van der Waals surface area (Å²) in [5, 5.41) is 9.09. The number of benzene rings is 2. The zero-order valence-corrected chi connectivity index (χ0v) is 16.6. The highest BCUT2D eigenvalue weighted by Gasteiger charge is 2.27. The second kappa shape index (κ2) is 7.80. The number of thioether (sulfide) groups is 1. The molecule has 2 aromatic carbocycles. The first-order chi connectivity index (χ1) is 12.8. The number of aryl methyl sites for hydroxylation is 1. The summed E-state index contributed by atoms with van der Waals surface area (Å²) < 4.78 is 27.1. The summed E-state index contributed by atoms with van der Waals surface area (Å²) in [6.07, 6.45) is 2.86. The van der Waals surface area contributed by atoms with Crippen molar-refractivity contribution in [1.29, 1.82) is 0 Å². The van der Waals surface area contributed by atoms with Gasteiger partial charge in [-0.3, -0.25) is 4.79 Å². The molecule has 1 unspecified atom stereocenters. The monoisotopic (exact) mass is 421 g/mol. The summed E-state index contributed by atoms with van der Waals surface area (Å²) in [4.78, 5) is 12.1. The zero-order chi connectivity index (χ0) is 19.6. The van der Waals surface area contributed by atoms with E-state index in [9.17, 15) is 18.3 Å². The highest BCUT2D eigenvalue weighted by Crippen LogP contribution is 2.41. The van der Waals surface area contributed by atoms with Crippen molar-refractivity contribution in [3.8, 4) is 0 Å². The molecular weight excluding hydrogens is 406 g/mol. The third-order valence-corrected chi connectivity index (χ3v) is 7.46. The quantitative estimate of drug-likeness (QED) is 0.588. The number of carboxylic acids is 1. The van der Waals surface area contributed by atoms with Crippen LogP contribution >= 0.6 is 23.4 Å². The minimum absolute atomic E-state index is 0.0211. The van der Waals surface area contributed by atoms with Crippen LogP contribution in [0.4, 0.5) is 0 Å². The van der Waals surface area contributed by atoms with Crippen molar-refractivity contribution in [2.75, 3.05) is 0 Å². The van der Waals surface area contributed by atoms with Crippen LogP contribution in [-0.4, -0.2) is 23.5 Å². The smallest absolute Gasteiger partial charge is 0.321 e. The number of halogens is 1. The Bertz CT molecular complexity index is 1060. The molecule has 0 amide bonds. The van der Waals surface area contributed by atoms with Crippen LogP contribution in [0.5, 0.6) is 0 Å². The topological polar surface area (TPSA) is 76.4 Å². The molecule has 27 heavy (non-hydrogen) atoms. The van der Waals surface area contributed by atoms with Gasteiger partial charge in [-0.05, 0) is 42.3 Å². The van der Waals surface area contributed by atoms with Crippen LogP contribution in [0.3, 0.4) is 0 Å². The second-order valence-electron chi connectivity index (χ2n) is 5.81. The van der Waals surface area contributed by atoms with Gasteiger partial charge in [0.15, 0.2) is 0 Å². The number of aromatic nitrogens is 1. The number of rotatable bonds is 6. The Kier molecular flexibility index (Phi) is 5.64. The van der Waals surface area contributed by atoms with E-state index < -0.39 is 21.2 Å². The summed E-state index contributed by atoms with van der Waals surface area (Å²) in [6, 6.07) is 14.9. The first-order valence-corrected chi connectivity index (χ1v) is 10.6. The van der Waals surface area contributed by atoms with Gasteiger partial charge < -0.3 is 5.11 Å². The molecule has 0 spiro atoms. The van der Waals surface area contributed by atoms with E-state index in [0.29, 0.717) is 16.1 Å². The van der Waals surface area contributed by atoms with E-state index in [2.05, 4.69) is 0 Å². The Labute approximate surface area is 166 Å². The Morgan fingerprint density at radius 2 is 1.74 bits per heavy atom. The van der Waals surface area contributed by atoms with Crippen LogP contribution in [0, 0.1) is 6.92 Å². The molecule has 0 saturated heterocycles. The number of aliphatic carboxylic acids is 1. The molecule has 0 bridgehead atoms. The largest absolute Gasteiger partial charge is 0.480 e. The Morgan fingerprint density at radius 3 is 2.33 bits per heavy atom. The predicted octanol–water partition coefficient (Wildman–Crippen LogP) is 4.60. The fraction of sp³-hybridized carbons (Fsp3) is 0.105. The van der Waals surface area contributed by atoms with Gasteiger partial charge in [0.25, 0.3) is 10.0 Å². The van der Waals surface area contributed by atoms with Crippen molar-refractivity contribution in [3.63, 3.8) is 0 Å². The van der Waals surface area contributed by atoms with Crippen LogP contribution in [0.1, 0.15) is 16.4 Å². The van der Waals surface area contributed by atoms with Crippen LogP contribution < -0.4 is 0 Å². The van der Waals surface area contributed by atoms with Crippen LogP contribution in [0.15, 0.2) is 76.8 Å². The average molecular weight is 422 g/mol. The lowest BCUT2D eigenvalue weighted by atomic mass is 10.1. The van der Waals surface area contributed by atoms with Gasteiger partial charge >= 0.3 is 5.97 Å². The van der Waals surface area contributed by atoms with Crippen LogP contribution in [0.25, 0.3) is 0 Å². The Hall–Kier alpha value is -2.22. The minimum atomic E-state index is -3.87. The number of hydrogen-bond donors (Lipinski definition) is 1. The van der Waals surface area contributed by atoms with E-state index in [4.69, 9.17) is 11.6 Å². The molecule has 1 heterocycles. The number of hydrogen-bond acceptors (Lipinski definition) is 4. The molecule has 1 N–H and O–H groups in total. The molecule has 8 heteroatoms. The van der Waals surface area contributed by atoms with Gasteiger partial charge in [0.05, 0.1) is 0 Å². The van der Waals surface area contributed by atoms with Gasteiger partial charge in [0.1, 0.15) is 10.1 Å². The molecule has 0 saturated carbocycles. The van der Waals surface area contributed by atoms with Crippen molar-refractivity contribution in [2.45, 2.75) is 22.0 Å². The van der Waals surface area contributed by atoms with Gasteiger partial charge in [0, 0.05) is 22.3 Å². The molecule has 0 fully saturated rings. The molecule has 1 atom stereocenters. The van der Waals surface area contributed by atoms with Gasteiger partial charge in [0.2, 0.25) is 0 Å². The molecule has 0 aliphatic rings. The summed E-state index contributed by atoms with van der Waals surface area (Å²) in [7, 11) is -3.87. The number of carbonyl (C=O) groups is 1. The predicted molar refractivity (Wildman–Crippen MR) is 106 cm³/mol. The van der Waals surface area contributed by atoms with Gasteiger partial charge in [-0.1, -0.05) is 41.9 Å². The molecule has 5 nitrogen and oxygen atoms in total. The molecule has 140 valence electrons. The van der Waals surface area contributed by atoms with E-state index in [0.717, 1.165) is 15.7 Å². The van der Waals surface area contributed by atoms with Crippen molar-refractivity contribution in [1.82, 2.24) is 3.97 Å². The standard InChI is InChI=1S/C19H16ClNO4S2/c1-13-11-17(27(24,25)21-9-5-6-10-21)16(12-15(13)20)26-18(19(22)23)14-7-3-2-4-8-14/h2-12,18H,1H3,(H,22,23). The molecular formula is C19H16ClNO4S2. The van der Waals surface area contributed by atoms with Crippen LogP contribution in [0.2, 0.25) is 5.02 Å². The summed E-state index contributed by atoms with van der Waals surface area (Å²) in [6.45, 7) is 1.71. The maximum absolute atomic E-state index is 13.0. The SMILES string of the molecule is Cc1cc(S(=O)(=O)n2cccc2)c(SC(C(=O)O)c2ccccc2)cc1Cl. The average Bonchev–Trinajstić information content (AvgIpc) is 3.18. The van der Waals surface area contributed by atoms with E-state index >= 15 is 0 Å². The Morgan fingerprint density at radius 1 is 1.11 bits per heavy atom. The molecule has 0 aliphatic carbocycles.